The lowest BCUT2D eigenvalue weighted by Gasteiger charge is -2.30. The topological polar surface area (TPSA) is 71.0 Å². The van der Waals surface area contributed by atoms with E-state index in [1.54, 1.807) is 6.07 Å². The van der Waals surface area contributed by atoms with Crippen LogP contribution in [0.15, 0.2) is 29.4 Å². The van der Waals surface area contributed by atoms with Gasteiger partial charge in [-0.25, -0.2) is 0 Å². The van der Waals surface area contributed by atoms with Crippen LogP contribution >= 0.6 is 11.6 Å². The van der Waals surface area contributed by atoms with Gasteiger partial charge in [0.1, 0.15) is 0 Å². The molecule has 0 bridgehead atoms. The lowest BCUT2D eigenvalue weighted by molar-refractivity contribution is -0.135. The molecule has 1 aliphatic rings. The van der Waals surface area contributed by atoms with Crippen LogP contribution in [0.1, 0.15) is 45.1 Å². The minimum atomic E-state index is -0.249. The van der Waals surface area contributed by atoms with Crippen LogP contribution in [0.25, 0.3) is 0 Å². The first-order valence-corrected chi connectivity index (χ1v) is 9.89. The second-order valence-corrected chi connectivity index (χ2v) is 7.04. The molecular formula is C20H28ClN3O3. The zero-order chi connectivity index (χ0) is 19.6. The van der Waals surface area contributed by atoms with Crippen LogP contribution in [-0.4, -0.2) is 42.1 Å². The summed E-state index contributed by atoms with van der Waals surface area (Å²) in [5.74, 6) is 0.0982. The molecule has 0 aliphatic carbocycles. The van der Waals surface area contributed by atoms with Gasteiger partial charge in [0.15, 0.2) is 6.61 Å². The molecule has 148 valence electrons. The molecular weight excluding hydrogens is 366 g/mol. The molecule has 1 aromatic rings. The number of halogens is 1. The number of rotatable bonds is 8. The van der Waals surface area contributed by atoms with Crippen molar-refractivity contribution in [2.75, 3.05) is 19.7 Å². The average molecular weight is 394 g/mol. The minimum absolute atomic E-state index is 0.113. The van der Waals surface area contributed by atoms with Crippen LogP contribution < -0.4 is 5.32 Å². The Morgan fingerprint density at radius 2 is 1.89 bits per heavy atom. The van der Waals surface area contributed by atoms with E-state index in [1.807, 2.05) is 36.9 Å². The van der Waals surface area contributed by atoms with Crippen LogP contribution in [0, 0.1) is 5.92 Å². The predicted octanol–water partition coefficient (Wildman–Crippen LogP) is 3.39. The number of carbonyl (C=O) groups excluding carboxylic acids is 2. The number of piperidine rings is 1. The summed E-state index contributed by atoms with van der Waals surface area (Å²) in [5.41, 5.74) is 1.75. The number of nitrogens with one attached hydrogen (secondary N) is 1. The van der Waals surface area contributed by atoms with Gasteiger partial charge in [0.2, 0.25) is 5.91 Å². The molecule has 1 aromatic carbocycles. The lowest BCUT2D eigenvalue weighted by atomic mass is 9.99. The number of carbonyl (C=O) groups is 2. The largest absolute Gasteiger partial charge is 0.386 e. The normalized spacial score (nSPS) is 14.2. The third kappa shape index (κ3) is 6.54. The monoisotopic (exact) mass is 393 g/mol. The Labute approximate surface area is 165 Å². The van der Waals surface area contributed by atoms with E-state index in [-0.39, 0.29) is 24.3 Å². The Morgan fingerprint density at radius 1 is 1.22 bits per heavy atom. The molecule has 27 heavy (non-hydrogen) atoms. The molecule has 0 radical (unpaired) electrons. The van der Waals surface area contributed by atoms with Crippen molar-refractivity contribution in [3.63, 3.8) is 0 Å². The van der Waals surface area contributed by atoms with Crippen molar-refractivity contribution < 1.29 is 14.4 Å². The van der Waals surface area contributed by atoms with Gasteiger partial charge >= 0.3 is 0 Å². The number of hydrogen-bond acceptors (Lipinski definition) is 4. The van der Waals surface area contributed by atoms with E-state index in [0.29, 0.717) is 37.5 Å². The van der Waals surface area contributed by atoms with E-state index in [2.05, 4.69) is 10.5 Å². The molecule has 2 amide bonds. The smallest absolute Gasteiger partial charge is 0.261 e. The van der Waals surface area contributed by atoms with Crippen molar-refractivity contribution >= 4 is 29.1 Å². The summed E-state index contributed by atoms with van der Waals surface area (Å²) in [4.78, 5) is 31.3. The maximum Gasteiger partial charge on any atom is 0.261 e. The number of amides is 2. The third-order valence-corrected chi connectivity index (χ3v) is 5.18. The summed E-state index contributed by atoms with van der Waals surface area (Å²) in [7, 11) is 0. The Bertz CT molecular complexity index is 664. The Balaban J connectivity index is 1.69. The zero-order valence-corrected chi connectivity index (χ0v) is 16.8. The third-order valence-electron chi connectivity index (χ3n) is 4.81. The number of oxime groups is 1. The van der Waals surface area contributed by atoms with Gasteiger partial charge in [-0.1, -0.05) is 48.8 Å². The first kappa shape index (κ1) is 21.2. The van der Waals surface area contributed by atoms with Crippen LogP contribution in [0.4, 0.5) is 0 Å². The van der Waals surface area contributed by atoms with Crippen molar-refractivity contribution in [1.29, 1.82) is 0 Å². The number of benzene rings is 1. The summed E-state index contributed by atoms with van der Waals surface area (Å²) < 4.78 is 0. The molecule has 0 unspecified atom stereocenters. The summed E-state index contributed by atoms with van der Waals surface area (Å²) in [5, 5.41) is 7.44. The molecule has 6 nitrogen and oxygen atoms in total. The molecule has 0 aromatic heterocycles. The minimum Gasteiger partial charge on any atom is -0.386 e. The van der Waals surface area contributed by atoms with Crippen LogP contribution in [-0.2, 0) is 21.0 Å². The van der Waals surface area contributed by atoms with Gasteiger partial charge in [-0.2, -0.15) is 0 Å². The van der Waals surface area contributed by atoms with E-state index in [9.17, 15) is 9.59 Å². The summed E-state index contributed by atoms with van der Waals surface area (Å²) in [6.07, 6.45) is 3.12. The predicted molar refractivity (Wildman–Crippen MR) is 107 cm³/mol. The van der Waals surface area contributed by atoms with Crippen LogP contribution in [0.5, 0.6) is 0 Å². The standard InChI is InChI=1S/C20H28ClN3O3/c1-3-15(4-2)20(26)24-11-9-17(10-12-24)23-27-14-19(25)22-13-16-7-5-6-8-18(16)21/h5-8,15H,3-4,9-14H2,1-2H3,(H,22,25). The molecule has 1 N–H and O–H groups in total. The Kier molecular flexibility index (Phi) is 8.58. The van der Waals surface area contributed by atoms with Gasteiger partial charge < -0.3 is 15.1 Å². The number of likely N-dealkylation sites (tertiary alicyclic amines) is 1. The summed E-state index contributed by atoms with van der Waals surface area (Å²) in [6, 6.07) is 7.36. The highest BCUT2D eigenvalue weighted by atomic mass is 35.5. The van der Waals surface area contributed by atoms with Crippen molar-refractivity contribution in [2.24, 2.45) is 11.1 Å². The highest BCUT2D eigenvalue weighted by Gasteiger charge is 2.24. The fourth-order valence-corrected chi connectivity index (χ4v) is 3.24. The van der Waals surface area contributed by atoms with Gasteiger partial charge in [0, 0.05) is 43.4 Å². The zero-order valence-electron chi connectivity index (χ0n) is 16.0. The Hall–Kier alpha value is -2.08. The first-order valence-electron chi connectivity index (χ1n) is 9.51. The molecule has 1 heterocycles. The van der Waals surface area contributed by atoms with Gasteiger partial charge in [-0.3, -0.25) is 9.59 Å². The maximum absolute atomic E-state index is 12.4. The molecule has 0 spiro atoms. The van der Waals surface area contributed by atoms with Gasteiger partial charge in [-0.05, 0) is 24.5 Å². The maximum atomic E-state index is 12.4. The van der Waals surface area contributed by atoms with Gasteiger partial charge in [-0.15, -0.1) is 0 Å². The highest BCUT2D eigenvalue weighted by molar-refractivity contribution is 6.31. The van der Waals surface area contributed by atoms with Crippen molar-refractivity contribution in [3.8, 4) is 0 Å². The lowest BCUT2D eigenvalue weighted by Crippen LogP contribution is -2.41. The molecule has 7 heteroatoms. The number of nitrogens with zero attached hydrogens (tertiary/aromatic N) is 2. The quantitative estimate of drug-likeness (QED) is 0.688. The fourth-order valence-electron chi connectivity index (χ4n) is 3.04. The first-order chi connectivity index (χ1) is 13.0. The molecule has 0 saturated carbocycles. The molecule has 2 rings (SSSR count). The number of hydrogen-bond donors (Lipinski definition) is 1. The molecule has 0 atom stereocenters. The van der Waals surface area contributed by atoms with Crippen LogP contribution in [0.2, 0.25) is 5.02 Å². The van der Waals surface area contributed by atoms with E-state index in [0.717, 1.165) is 24.1 Å². The fraction of sp³-hybridized carbons (Fsp3) is 0.550. The van der Waals surface area contributed by atoms with Gasteiger partial charge in [0.05, 0.1) is 5.71 Å². The molecule has 1 aliphatic heterocycles. The SMILES string of the molecule is CCC(CC)C(=O)N1CCC(=NOCC(=O)NCc2ccccc2Cl)CC1. The Morgan fingerprint density at radius 3 is 2.52 bits per heavy atom. The molecule has 1 saturated heterocycles. The van der Waals surface area contributed by atoms with Crippen molar-refractivity contribution in [3.05, 3.63) is 34.9 Å². The molecule has 1 fully saturated rings. The van der Waals surface area contributed by atoms with Crippen molar-refractivity contribution in [1.82, 2.24) is 10.2 Å². The van der Waals surface area contributed by atoms with Crippen LogP contribution in [0.3, 0.4) is 0 Å². The van der Waals surface area contributed by atoms with E-state index in [1.165, 1.54) is 0 Å². The van der Waals surface area contributed by atoms with E-state index < -0.39 is 0 Å². The summed E-state index contributed by atoms with van der Waals surface area (Å²) >= 11 is 6.05. The second-order valence-electron chi connectivity index (χ2n) is 6.64. The van der Waals surface area contributed by atoms with Crippen molar-refractivity contribution in [2.45, 2.75) is 46.1 Å². The highest BCUT2D eigenvalue weighted by Crippen LogP contribution is 2.16. The van der Waals surface area contributed by atoms with E-state index >= 15 is 0 Å². The summed E-state index contributed by atoms with van der Waals surface area (Å²) in [6.45, 7) is 5.64. The second kappa shape index (κ2) is 10.9. The van der Waals surface area contributed by atoms with E-state index in [4.69, 9.17) is 16.4 Å². The average Bonchev–Trinajstić information content (AvgIpc) is 2.69. The van der Waals surface area contributed by atoms with Gasteiger partial charge in [0.25, 0.3) is 5.91 Å².